The molecule has 1 amide bonds. The fraction of sp³-hybridized carbons (Fsp3) is 0.185. The van der Waals surface area contributed by atoms with Crippen LogP contribution in [-0.4, -0.2) is 24.1 Å². The molecule has 35 heavy (non-hydrogen) atoms. The highest BCUT2D eigenvalue weighted by Gasteiger charge is 2.19. The standard InChI is InChI=1S/C27H24F2N2O3S/c1-2-33-23-11-7-6-10-22(23)26-30-20(17-35-26)16-24(32)31-25(18-8-4-3-5-9-18)19-12-14-21(15-13-19)34-27(28)29/h3-15,17,25,27H,2,16H2,1H3,(H,31,32). The molecule has 4 aromatic rings. The van der Waals surface area contributed by atoms with Crippen molar-refractivity contribution in [3.63, 3.8) is 0 Å². The first-order valence-corrected chi connectivity index (χ1v) is 12.0. The molecule has 1 atom stereocenters. The molecule has 0 aliphatic carbocycles. The van der Waals surface area contributed by atoms with E-state index in [0.29, 0.717) is 12.3 Å². The second kappa shape index (κ2) is 11.6. The zero-order chi connectivity index (χ0) is 24.6. The van der Waals surface area contributed by atoms with Crippen LogP contribution < -0.4 is 14.8 Å². The summed E-state index contributed by atoms with van der Waals surface area (Å²) >= 11 is 1.46. The third-order valence-electron chi connectivity index (χ3n) is 5.19. The highest BCUT2D eigenvalue weighted by molar-refractivity contribution is 7.13. The van der Waals surface area contributed by atoms with Gasteiger partial charge < -0.3 is 14.8 Å². The topological polar surface area (TPSA) is 60.5 Å². The zero-order valence-corrected chi connectivity index (χ0v) is 19.8. The molecule has 1 heterocycles. The first kappa shape index (κ1) is 24.3. The fourth-order valence-corrected chi connectivity index (χ4v) is 4.51. The van der Waals surface area contributed by atoms with Crippen LogP contribution in [0.2, 0.25) is 0 Å². The van der Waals surface area contributed by atoms with Crippen molar-refractivity contribution in [1.82, 2.24) is 10.3 Å². The summed E-state index contributed by atoms with van der Waals surface area (Å²) in [7, 11) is 0. The third-order valence-corrected chi connectivity index (χ3v) is 6.11. The molecule has 0 aliphatic rings. The van der Waals surface area contributed by atoms with Gasteiger partial charge in [-0.1, -0.05) is 54.6 Å². The highest BCUT2D eigenvalue weighted by atomic mass is 32.1. The van der Waals surface area contributed by atoms with Gasteiger partial charge in [0.2, 0.25) is 5.91 Å². The van der Waals surface area contributed by atoms with Gasteiger partial charge in [-0.3, -0.25) is 4.79 Å². The van der Waals surface area contributed by atoms with Gasteiger partial charge in [-0.25, -0.2) is 4.98 Å². The SMILES string of the molecule is CCOc1ccccc1-c1nc(CC(=O)NC(c2ccccc2)c2ccc(OC(F)F)cc2)cs1. The molecule has 0 saturated carbocycles. The molecule has 4 rings (SSSR count). The van der Waals surface area contributed by atoms with Crippen LogP contribution in [0.25, 0.3) is 10.6 Å². The second-order valence-corrected chi connectivity index (χ2v) is 8.47. The minimum Gasteiger partial charge on any atom is -0.493 e. The van der Waals surface area contributed by atoms with E-state index in [4.69, 9.17) is 4.74 Å². The van der Waals surface area contributed by atoms with Crippen molar-refractivity contribution in [3.8, 4) is 22.1 Å². The number of hydrogen-bond donors (Lipinski definition) is 1. The summed E-state index contributed by atoms with van der Waals surface area (Å²) in [6.07, 6.45) is 0.100. The number of nitrogens with zero attached hydrogens (tertiary/aromatic N) is 1. The van der Waals surface area contributed by atoms with Crippen LogP contribution in [0.1, 0.15) is 29.8 Å². The molecule has 8 heteroatoms. The maximum Gasteiger partial charge on any atom is 0.387 e. The zero-order valence-electron chi connectivity index (χ0n) is 19.0. The van der Waals surface area contributed by atoms with Crippen LogP contribution in [-0.2, 0) is 11.2 Å². The Hall–Kier alpha value is -3.78. The first-order valence-electron chi connectivity index (χ1n) is 11.1. The van der Waals surface area contributed by atoms with Gasteiger partial charge in [-0.15, -0.1) is 11.3 Å². The molecule has 1 aromatic heterocycles. The van der Waals surface area contributed by atoms with Gasteiger partial charge in [-0.2, -0.15) is 8.78 Å². The molecule has 0 spiro atoms. The van der Waals surface area contributed by atoms with E-state index in [1.165, 1.54) is 23.5 Å². The van der Waals surface area contributed by atoms with E-state index >= 15 is 0 Å². The Balaban J connectivity index is 1.50. The summed E-state index contributed by atoms with van der Waals surface area (Å²) in [4.78, 5) is 17.6. The molecule has 1 N–H and O–H groups in total. The van der Waals surface area contributed by atoms with Crippen LogP contribution in [0.3, 0.4) is 0 Å². The van der Waals surface area contributed by atoms with Gasteiger partial charge >= 0.3 is 6.61 Å². The van der Waals surface area contributed by atoms with Crippen molar-refractivity contribution in [2.45, 2.75) is 26.0 Å². The van der Waals surface area contributed by atoms with E-state index in [1.807, 2.05) is 66.9 Å². The largest absolute Gasteiger partial charge is 0.493 e. The molecule has 0 radical (unpaired) electrons. The molecule has 5 nitrogen and oxygen atoms in total. The van der Waals surface area contributed by atoms with E-state index in [-0.39, 0.29) is 18.1 Å². The van der Waals surface area contributed by atoms with Crippen LogP contribution in [0, 0.1) is 0 Å². The lowest BCUT2D eigenvalue weighted by Gasteiger charge is -2.20. The van der Waals surface area contributed by atoms with E-state index < -0.39 is 12.7 Å². The lowest BCUT2D eigenvalue weighted by atomic mass is 9.98. The monoisotopic (exact) mass is 494 g/mol. The number of hydrogen-bond acceptors (Lipinski definition) is 5. The third kappa shape index (κ3) is 6.42. The Morgan fingerprint density at radius 1 is 0.971 bits per heavy atom. The number of para-hydroxylation sites is 1. The summed E-state index contributed by atoms with van der Waals surface area (Å²) in [6.45, 7) is -0.418. The molecular formula is C27H24F2N2O3S. The van der Waals surface area contributed by atoms with Crippen molar-refractivity contribution in [1.29, 1.82) is 0 Å². The Kier molecular flexibility index (Phi) is 8.05. The molecular weight excluding hydrogens is 470 g/mol. The van der Waals surface area contributed by atoms with Crippen LogP contribution in [0.5, 0.6) is 11.5 Å². The van der Waals surface area contributed by atoms with Gasteiger partial charge in [0.1, 0.15) is 16.5 Å². The number of benzene rings is 3. The minimum absolute atomic E-state index is 0.0595. The molecule has 0 aliphatic heterocycles. The summed E-state index contributed by atoms with van der Waals surface area (Å²) in [6, 6.07) is 22.9. The number of thiazole rings is 1. The number of aromatic nitrogens is 1. The molecule has 0 bridgehead atoms. The number of amides is 1. The number of rotatable bonds is 10. The minimum atomic E-state index is -2.89. The fourth-order valence-electron chi connectivity index (χ4n) is 3.66. The normalized spacial score (nSPS) is 11.8. The summed E-state index contributed by atoms with van der Waals surface area (Å²) < 4.78 is 35.1. The number of alkyl halides is 2. The van der Waals surface area contributed by atoms with Crippen molar-refractivity contribution in [2.75, 3.05) is 6.61 Å². The summed E-state index contributed by atoms with van der Waals surface area (Å²) in [5.74, 6) is 0.606. The Morgan fingerprint density at radius 3 is 2.37 bits per heavy atom. The number of carbonyl (C=O) groups excluding carboxylic acids is 1. The predicted octanol–water partition coefficient (Wildman–Crippen LogP) is 6.26. The molecule has 180 valence electrons. The number of carbonyl (C=O) groups is 1. The highest BCUT2D eigenvalue weighted by Crippen LogP contribution is 2.32. The van der Waals surface area contributed by atoms with E-state index in [1.54, 1.807) is 12.1 Å². The number of nitrogens with one attached hydrogen (secondary N) is 1. The van der Waals surface area contributed by atoms with E-state index in [2.05, 4.69) is 15.0 Å². The second-order valence-electron chi connectivity index (χ2n) is 7.61. The Bertz CT molecular complexity index is 1250. The molecule has 1 unspecified atom stereocenters. The average molecular weight is 495 g/mol. The van der Waals surface area contributed by atoms with Crippen molar-refractivity contribution in [2.24, 2.45) is 0 Å². The van der Waals surface area contributed by atoms with Gasteiger partial charge in [0, 0.05) is 5.38 Å². The molecule has 0 fully saturated rings. The molecule has 3 aromatic carbocycles. The first-order chi connectivity index (χ1) is 17.0. The van der Waals surface area contributed by atoms with E-state index in [0.717, 1.165) is 27.4 Å². The predicted molar refractivity (Wildman–Crippen MR) is 132 cm³/mol. The van der Waals surface area contributed by atoms with Crippen molar-refractivity contribution >= 4 is 17.2 Å². The van der Waals surface area contributed by atoms with Gasteiger partial charge in [0.25, 0.3) is 0 Å². The lowest BCUT2D eigenvalue weighted by Crippen LogP contribution is -2.30. The number of halogens is 2. The Labute approximate surface area is 206 Å². The summed E-state index contributed by atoms with van der Waals surface area (Å²) in [5, 5.41) is 5.70. The average Bonchev–Trinajstić information content (AvgIpc) is 3.32. The lowest BCUT2D eigenvalue weighted by molar-refractivity contribution is -0.121. The van der Waals surface area contributed by atoms with Crippen LogP contribution in [0.15, 0.2) is 84.2 Å². The van der Waals surface area contributed by atoms with Gasteiger partial charge in [-0.05, 0) is 42.3 Å². The molecule has 0 saturated heterocycles. The number of ether oxygens (including phenoxy) is 2. The quantitative estimate of drug-likeness (QED) is 0.283. The maximum atomic E-state index is 13.0. The van der Waals surface area contributed by atoms with Gasteiger partial charge in [0.15, 0.2) is 0 Å². The van der Waals surface area contributed by atoms with Crippen LogP contribution in [0.4, 0.5) is 8.78 Å². The Morgan fingerprint density at radius 2 is 1.66 bits per heavy atom. The maximum absolute atomic E-state index is 13.0. The van der Waals surface area contributed by atoms with E-state index in [9.17, 15) is 13.6 Å². The smallest absolute Gasteiger partial charge is 0.387 e. The summed E-state index contributed by atoms with van der Waals surface area (Å²) in [5.41, 5.74) is 3.16. The van der Waals surface area contributed by atoms with Gasteiger partial charge in [0.05, 0.1) is 30.3 Å². The van der Waals surface area contributed by atoms with Crippen molar-refractivity contribution in [3.05, 3.63) is 101 Å². The van der Waals surface area contributed by atoms with Crippen LogP contribution >= 0.6 is 11.3 Å². The van der Waals surface area contributed by atoms with Crippen molar-refractivity contribution < 1.29 is 23.0 Å².